The summed E-state index contributed by atoms with van der Waals surface area (Å²) >= 11 is 0. The van der Waals surface area contributed by atoms with Gasteiger partial charge in [-0.2, -0.15) is 0 Å². The highest BCUT2D eigenvalue weighted by molar-refractivity contribution is 5.86. The van der Waals surface area contributed by atoms with E-state index in [-0.39, 0.29) is 17.7 Å². The van der Waals surface area contributed by atoms with E-state index in [9.17, 15) is 9.59 Å². The molecule has 1 atom stereocenters. The Hall–Kier alpha value is -2.63. The van der Waals surface area contributed by atoms with E-state index in [1.165, 1.54) is 0 Å². The number of hydrogen-bond donors (Lipinski definition) is 1. The highest BCUT2D eigenvalue weighted by atomic mass is 16.5. The van der Waals surface area contributed by atoms with Crippen LogP contribution in [-0.2, 0) is 16.0 Å². The molecule has 2 aromatic rings. The Bertz CT molecular complexity index is 813. The van der Waals surface area contributed by atoms with Crippen molar-refractivity contribution in [1.29, 1.82) is 0 Å². The summed E-state index contributed by atoms with van der Waals surface area (Å²) in [5.41, 5.74) is 1.09. The van der Waals surface area contributed by atoms with Crippen molar-refractivity contribution in [3.63, 3.8) is 0 Å². The third-order valence-electron chi connectivity index (χ3n) is 5.44. The minimum Gasteiger partial charge on any atom is -0.361 e. The van der Waals surface area contributed by atoms with Crippen molar-refractivity contribution in [3.05, 3.63) is 42.2 Å². The molecular weight excluding hydrogens is 330 g/mol. The van der Waals surface area contributed by atoms with Crippen molar-refractivity contribution in [2.45, 2.75) is 25.7 Å². The van der Waals surface area contributed by atoms with Crippen LogP contribution in [-0.4, -0.2) is 42.0 Å². The zero-order valence-electron chi connectivity index (χ0n) is 14.9. The standard InChI is InChI=1S/C20H23N3O3/c1-21-19(25)20(9-10-23(13-20)18(24)15-7-8-15)12-16-11-17(22-26-16)14-5-3-2-4-6-14/h2-6,11,15H,7-10,12-13H2,1H3,(H,21,25)/t20-/m1/s1. The van der Waals surface area contributed by atoms with E-state index in [0.29, 0.717) is 31.7 Å². The lowest BCUT2D eigenvalue weighted by Gasteiger charge is -2.26. The van der Waals surface area contributed by atoms with E-state index >= 15 is 0 Å². The van der Waals surface area contributed by atoms with Gasteiger partial charge in [-0.25, -0.2) is 0 Å². The maximum atomic E-state index is 12.7. The van der Waals surface area contributed by atoms with Crippen LogP contribution in [0.15, 0.2) is 40.9 Å². The maximum Gasteiger partial charge on any atom is 0.228 e. The van der Waals surface area contributed by atoms with Gasteiger partial charge in [0.2, 0.25) is 11.8 Å². The Balaban J connectivity index is 1.54. The Kier molecular flexibility index (Phi) is 4.26. The monoisotopic (exact) mass is 353 g/mol. The minimum atomic E-state index is -0.646. The molecule has 6 nitrogen and oxygen atoms in total. The molecule has 1 saturated carbocycles. The van der Waals surface area contributed by atoms with Crippen molar-refractivity contribution in [3.8, 4) is 11.3 Å². The van der Waals surface area contributed by atoms with Gasteiger partial charge in [0.05, 0.1) is 5.41 Å². The second-order valence-corrected chi connectivity index (χ2v) is 7.36. The van der Waals surface area contributed by atoms with Crippen molar-refractivity contribution in [1.82, 2.24) is 15.4 Å². The number of nitrogens with one attached hydrogen (secondary N) is 1. The van der Waals surface area contributed by atoms with Crippen LogP contribution in [0.3, 0.4) is 0 Å². The molecule has 2 amide bonds. The van der Waals surface area contributed by atoms with E-state index in [2.05, 4.69) is 10.5 Å². The zero-order valence-corrected chi connectivity index (χ0v) is 14.9. The molecule has 136 valence electrons. The number of carbonyl (C=O) groups is 2. The number of aromatic nitrogens is 1. The SMILES string of the molecule is CNC(=O)[C@@]1(Cc2cc(-c3ccccc3)no2)CCN(C(=O)C2CC2)C1. The molecule has 1 aromatic carbocycles. The smallest absolute Gasteiger partial charge is 0.228 e. The van der Waals surface area contributed by atoms with Crippen molar-refractivity contribution in [2.75, 3.05) is 20.1 Å². The van der Waals surface area contributed by atoms with Crippen LogP contribution < -0.4 is 5.32 Å². The van der Waals surface area contributed by atoms with Crippen LogP contribution in [0.5, 0.6) is 0 Å². The third-order valence-corrected chi connectivity index (χ3v) is 5.44. The Morgan fingerprint density at radius 1 is 1.31 bits per heavy atom. The van der Waals surface area contributed by atoms with Crippen LogP contribution in [0, 0.1) is 11.3 Å². The molecule has 0 unspecified atom stereocenters. The molecular formula is C20H23N3O3. The van der Waals surface area contributed by atoms with Crippen LogP contribution in [0.4, 0.5) is 0 Å². The van der Waals surface area contributed by atoms with Crippen molar-refractivity contribution < 1.29 is 14.1 Å². The minimum absolute atomic E-state index is 0.0405. The predicted octanol–water partition coefficient (Wildman–Crippen LogP) is 2.26. The van der Waals surface area contributed by atoms with Gasteiger partial charge in [-0.15, -0.1) is 0 Å². The van der Waals surface area contributed by atoms with Crippen molar-refractivity contribution >= 4 is 11.8 Å². The quantitative estimate of drug-likeness (QED) is 0.895. The number of amides is 2. The van der Waals surface area contributed by atoms with E-state index in [1.54, 1.807) is 7.05 Å². The molecule has 1 N–H and O–H groups in total. The normalized spacial score (nSPS) is 22.4. The van der Waals surface area contributed by atoms with E-state index in [0.717, 1.165) is 24.1 Å². The second kappa shape index (κ2) is 6.59. The molecule has 0 radical (unpaired) electrons. The lowest BCUT2D eigenvalue weighted by molar-refractivity contribution is -0.134. The van der Waals surface area contributed by atoms with Gasteiger partial charge in [-0.1, -0.05) is 35.5 Å². The van der Waals surface area contributed by atoms with Crippen LogP contribution >= 0.6 is 0 Å². The molecule has 6 heteroatoms. The predicted molar refractivity (Wildman–Crippen MR) is 96.1 cm³/mol. The molecule has 26 heavy (non-hydrogen) atoms. The number of nitrogens with zero attached hydrogens (tertiary/aromatic N) is 2. The Labute approximate surface area is 152 Å². The average molecular weight is 353 g/mol. The summed E-state index contributed by atoms with van der Waals surface area (Å²) in [6.07, 6.45) is 3.04. The number of likely N-dealkylation sites (tertiary alicyclic amines) is 1. The largest absolute Gasteiger partial charge is 0.361 e. The lowest BCUT2D eigenvalue weighted by Crippen LogP contribution is -2.44. The summed E-state index contributed by atoms with van der Waals surface area (Å²) in [4.78, 5) is 26.9. The second-order valence-electron chi connectivity index (χ2n) is 7.36. The fourth-order valence-electron chi connectivity index (χ4n) is 3.80. The van der Waals surface area contributed by atoms with Gasteiger partial charge >= 0.3 is 0 Å². The highest BCUT2D eigenvalue weighted by Crippen LogP contribution is 2.39. The molecule has 1 aliphatic carbocycles. The molecule has 0 spiro atoms. The highest BCUT2D eigenvalue weighted by Gasteiger charge is 2.48. The lowest BCUT2D eigenvalue weighted by atomic mass is 9.81. The summed E-state index contributed by atoms with van der Waals surface area (Å²) in [6, 6.07) is 11.7. The van der Waals surface area contributed by atoms with Crippen LogP contribution in [0.25, 0.3) is 11.3 Å². The molecule has 2 heterocycles. The van der Waals surface area contributed by atoms with E-state index in [1.807, 2.05) is 41.3 Å². The number of carbonyl (C=O) groups excluding carboxylic acids is 2. The molecule has 0 bridgehead atoms. The Morgan fingerprint density at radius 2 is 2.08 bits per heavy atom. The summed E-state index contributed by atoms with van der Waals surface area (Å²) in [5, 5.41) is 6.92. The first kappa shape index (κ1) is 16.8. The Morgan fingerprint density at radius 3 is 2.77 bits per heavy atom. The molecule has 4 rings (SSSR count). The number of benzene rings is 1. The first-order valence-electron chi connectivity index (χ1n) is 9.13. The van der Waals surface area contributed by atoms with Gasteiger partial charge in [0.15, 0.2) is 0 Å². The van der Waals surface area contributed by atoms with E-state index < -0.39 is 5.41 Å². The fourth-order valence-corrected chi connectivity index (χ4v) is 3.80. The molecule has 1 saturated heterocycles. The first-order chi connectivity index (χ1) is 12.6. The molecule has 2 aliphatic rings. The number of hydrogen-bond acceptors (Lipinski definition) is 4. The topological polar surface area (TPSA) is 75.4 Å². The summed E-state index contributed by atoms with van der Waals surface area (Å²) in [7, 11) is 1.64. The summed E-state index contributed by atoms with van der Waals surface area (Å²) < 4.78 is 5.52. The van der Waals surface area contributed by atoms with E-state index in [4.69, 9.17) is 4.52 Å². The summed E-state index contributed by atoms with van der Waals surface area (Å²) in [5.74, 6) is 0.998. The van der Waals surface area contributed by atoms with Gasteiger partial charge in [0.1, 0.15) is 11.5 Å². The van der Waals surface area contributed by atoms with Gasteiger partial charge in [0.25, 0.3) is 0 Å². The van der Waals surface area contributed by atoms with Gasteiger partial charge < -0.3 is 14.7 Å². The van der Waals surface area contributed by atoms with Gasteiger partial charge in [-0.3, -0.25) is 9.59 Å². The third kappa shape index (κ3) is 3.11. The molecule has 1 aliphatic heterocycles. The average Bonchev–Trinajstić information content (AvgIpc) is 3.28. The van der Waals surface area contributed by atoms with Crippen LogP contribution in [0.1, 0.15) is 25.0 Å². The molecule has 2 fully saturated rings. The molecule has 1 aromatic heterocycles. The maximum absolute atomic E-state index is 12.7. The van der Waals surface area contributed by atoms with Crippen LogP contribution in [0.2, 0.25) is 0 Å². The van der Waals surface area contributed by atoms with Gasteiger partial charge in [0, 0.05) is 44.1 Å². The summed E-state index contributed by atoms with van der Waals surface area (Å²) in [6.45, 7) is 1.08. The van der Waals surface area contributed by atoms with Gasteiger partial charge in [-0.05, 0) is 19.3 Å². The zero-order chi connectivity index (χ0) is 18.1. The first-order valence-corrected chi connectivity index (χ1v) is 9.13. The van der Waals surface area contributed by atoms with Crippen molar-refractivity contribution in [2.24, 2.45) is 11.3 Å². The fraction of sp³-hybridized carbons (Fsp3) is 0.450. The number of rotatable bonds is 5.